The van der Waals surface area contributed by atoms with E-state index in [4.69, 9.17) is 27.9 Å². The van der Waals surface area contributed by atoms with Gasteiger partial charge in [0.2, 0.25) is 0 Å². The third-order valence-corrected chi connectivity index (χ3v) is 8.79. The van der Waals surface area contributed by atoms with Crippen molar-refractivity contribution in [2.75, 3.05) is 6.67 Å². The molecule has 0 spiro atoms. The lowest BCUT2D eigenvalue weighted by Crippen LogP contribution is -2.12. The summed E-state index contributed by atoms with van der Waals surface area (Å²) in [6, 6.07) is 19.3. The minimum atomic E-state index is -0.922. The van der Waals surface area contributed by atoms with Crippen molar-refractivity contribution in [1.82, 2.24) is 0 Å². The summed E-state index contributed by atoms with van der Waals surface area (Å²) in [6.45, 7) is -0.216. The molecule has 3 aromatic rings. The van der Waals surface area contributed by atoms with Crippen molar-refractivity contribution in [3.8, 4) is 5.75 Å². The van der Waals surface area contributed by atoms with Crippen molar-refractivity contribution in [2.24, 2.45) is 5.92 Å². The van der Waals surface area contributed by atoms with Gasteiger partial charge in [-0.3, -0.25) is 4.39 Å². The molecule has 0 amide bonds. The molecular weight excluding hydrogens is 546 g/mol. The molecule has 0 saturated heterocycles. The van der Waals surface area contributed by atoms with Crippen LogP contribution in [0.5, 0.6) is 5.75 Å². The number of aromatic carboxylic acids is 1. The molecule has 2 aliphatic rings. The molecule has 1 N–H and O–H groups in total. The number of hydrogen-bond donors (Lipinski definition) is 1. The highest BCUT2D eigenvalue weighted by Crippen LogP contribution is 2.43. The highest BCUT2D eigenvalue weighted by molar-refractivity contribution is 6.36. The second-order valence-corrected chi connectivity index (χ2v) is 11.8. The van der Waals surface area contributed by atoms with Crippen LogP contribution in [-0.4, -0.2) is 23.9 Å². The Morgan fingerprint density at radius 1 is 0.925 bits per heavy atom. The molecule has 3 nitrogen and oxygen atoms in total. The average Bonchev–Trinajstić information content (AvgIpc) is 3.30. The van der Waals surface area contributed by atoms with E-state index < -0.39 is 5.97 Å². The Balaban J connectivity index is 1.43. The highest BCUT2D eigenvalue weighted by atomic mass is 35.5. The Bertz CT molecular complexity index is 1380. The molecule has 0 radical (unpaired) electrons. The van der Waals surface area contributed by atoms with E-state index in [1.165, 1.54) is 6.42 Å². The molecule has 40 heavy (non-hydrogen) atoms. The van der Waals surface area contributed by atoms with Crippen LogP contribution in [0.2, 0.25) is 10.0 Å². The zero-order chi connectivity index (χ0) is 28.1. The van der Waals surface area contributed by atoms with Gasteiger partial charge in [-0.05, 0) is 121 Å². The smallest absolute Gasteiger partial charge is 0.335 e. The predicted octanol–water partition coefficient (Wildman–Crippen LogP) is 10.1. The van der Waals surface area contributed by atoms with Crippen LogP contribution >= 0.6 is 23.2 Å². The summed E-state index contributed by atoms with van der Waals surface area (Å²) < 4.78 is 18.7. The second-order valence-electron chi connectivity index (χ2n) is 11.0. The van der Waals surface area contributed by atoms with Crippen LogP contribution in [-0.2, 0) is 6.42 Å². The lowest BCUT2D eigenvalue weighted by atomic mass is 9.87. The molecule has 1 saturated carbocycles. The number of carboxylic acid groups (broad SMARTS) is 1. The van der Waals surface area contributed by atoms with Gasteiger partial charge in [0.15, 0.2) is 0 Å². The van der Waals surface area contributed by atoms with E-state index in [-0.39, 0.29) is 12.8 Å². The molecular formula is C34H35Cl2FO3. The van der Waals surface area contributed by atoms with Gasteiger partial charge < -0.3 is 9.84 Å². The van der Waals surface area contributed by atoms with Crippen molar-refractivity contribution in [3.05, 3.63) is 98.5 Å². The predicted molar refractivity (Wildman–Crippen MR) is 161 cm³/mol. The fourth-order valence-electron chi connectivity index (χ4n) is 6.25. The maximum absolute atomic E-state index is 12.4. The van der Waals surface area contributed by atoms with Gasteiger partial charge in [0.1, 0.15) is 5.75 Å². The maximum atomic E-state index is 12.4. The summed E-state index contributed by atoms with van der Waals surface area (Å²) in [5.74, 6) is 0.599. The Hall–Kier alpha value is -2.82. The summed E-state index contributed by atoms with van der Waals surface area (Å²) in [5, 5.41) is 10.8. The molecule has 2 aliphatic carbocycles. The van der Waals surface area contributed by atoms with Crippen molar-refractivity contribution in [3.63, 3.8) is 0 Å². The Morgan fingerprint density at radius 2 is 1.73 bits per heavy atom. The van der Waals surface area contributed by atoms with Crippen LogP contribution in [0, 0.1) is 5.92 Å². The lowest BCUT2D eigenvalue weighted by molar-refractivity contribution is 0.0696. The van der Waals surface area contributed by atoms with Gasteiger partial charge in [0, 0.05) is 10.0 Å². The summed E-state index contributed by atoms with van der Waals surface area (Å²) in [7, 11) is 0. The number of alkyl halides is 1. The van der Waals surface area contributed by atoms with E-state index in [1.54, 1.807) is 18.2 Å². The van der Waals surface area contributed by atoms with E-state index in [1.807, 2.05) is 30.3 Å². The van der Waals surface area contributed by atoms with Gasteiger partial charge in [-0.1, -0.05) is 66.7 Å². The molecule has 0 aliphatic heterocycles. The van der Waals surface area contributed by atoms with Gasteiger partial charge in [0.25, 0.3) is 0 Å². The molecule has 3 aromatic carbocycles. The molecule has 1 fully saturated rings. The number of carboxylic acids is 1. The Morgan fingerprint density at radius 3 is 2.48 bits per heavy atom. The summed E-state index contributed by atoms with van der Waals surface area (Å²) in [4.78, 5) is 11.7. The monoisotopic (exact) mass is 580 g/mol. The van der Waals surface area contributed by atoms with E-state index in [0.29, 0.717) is 27.9 Å². The summed E-state index contributed by atoms with van der Waals surface area (Å²) >= 11 is 12.9. The van der Waals surface area contributed by atoms with Crippen LogP contribution < -0.4 is 4.74 Å². The number of hydrogen-bond acceptors (Lipinski definition) is 2. The number of unbranched alkanes of at least 4 members (excludes halogenated alkanes) is 2. The number of ether oxygens (including phenoxy) is 1. The van der Waals surface area contributed by atoms with E-state index in [0.717, 1.165) is 90.5 Å². The number of aryl methyl sites for hydroxylation is 1. The van der Waals surface area contributed by atoms with Crippen molar-refractivity contribution in [2.45, 2.75) is 70.3 Å². The number of rotatable bonds is 10. The normalized spacial score (nSPS) is 18.9. The van der Waals surface area contributed by atoms with Crippen LogP contribution in [0.3, 0.4) is 0 Å². The SMILES string of the molecule is O=C(O)c1ccc2c(c1)CCCC(c1ccc(Cl)cc1Cl)=C2c1ccc(O[C@H]2CCC(CCCCCF)C2)cc1. The summed E-state index contributed by atoms with van der Waals surface area (Å²) in [6.07, 6.45) is 9.87. The zero-order valence-corrected chi connectivity index (χ0v) is 24.1. The third-order valence-electron chi connectivity index (χ3n) is 8.24. The highest BCUT2D eigenvalue weighted by Gasteiger charge is 2.26. The fourth-order valence-corrected chi connectivity index (χ4v) is 6.77. The van der Waals surface area contributed by atoms with Crippen molar-refractivity contribution >= 4 is 40.3 Å². The van der Waals surface area contributed by atoms with Gasteiger partial charge in [-0.15, -0.1) is 0 Å². The van der Waals surface area contributed by atoms with Gasteiger partial charge in [-0.25, -0.2) is 4.79 Å². The summed E-state index contributed by atoms with van der Waals surface area (Å²) in [5.41, 5.74) is 6.53. The molecule has 6 heteroatoms. The first-order valence-corrected chi connectivity index (χ1v) is 15.1. The van der Waals surface area contributed by atoms with Crippen LogP contribution in [0.4, 0.5) is 4.39 Å². The quantitative estimate of drug-likeness (QED) is 0.242. The van der Waals surface area contributed by atoms with E-state index in [9.17, 15) is 14.3 Å². The minimum Gasteiger partial charge on any atom is -0.490 e. The molecule has 210 valence electrons. The minimum absolute atomic E-state index is 0.215. The number of fused-ring (bicyclic) bond motifs is 1. The second kappa shape index (κ2) is 13.2. The first kappa shape index (κ1) is 28.7. The number of carbonyl (C=O) groups is 1. The number of halogens is 3. The first-order chi connectivity index (χ1) is 19.4. The van der Waals surface area contributed by atoms with Crippen LogP contribution in [0.15, 0.2) is 60.7 Å². The molecule has 0 heterocycles. The molecule has 2 atom stereocenters. The van der Waals surface area contributed by atoms with Crippen molar-refractivity contribution in [1.29, 1.82) is 0 Å². The Labute approximate surface area is 246 Å². The average molecular weight is 582 g/mol. The van der Waals surface area contributed by atoms with Crippen LogP contribution in [0.1, 0.15) is 90.4 Å². The maximum Gasteiger partial charge on any atom is 0.335 e. The van der Waals surface area contributed by atoms with Gasteiger partial charge >= 0.3 is 5.97 Å². The first-order valence-electron chi connectivity index (χ1n) is 14.3. The molecule has 1 unspecified atom stereocenters. The lowest BCUT2D eigenvalue weighted by Gasteiger charge is -2.19. The Kier molecular flexibility index (Phi) is 9.49. The molecule has 0 aromatic heterocycles. The standard InChI is InChI=1S/C34H35Cl2FO3/c35-26-12-17-30(32(36)21-26)31-7-4-6-24-20-25(34(38)39)11-16-29(24)33(31)23-9-14-27(15-10-23)40-28-13-8-22(19-28)5-2-1-3-18-37/h9-12,14-17,20-22,28H,1-8,13,18-19H2,(H,38,39)/t22?,28-/m0/s1. The van der Waals surface area contributed by atoms with Crippen molar-refractivity contribution < 1.29 is 19.0 Å². The zero-order valence-electron chi connectivity index (χ0n) is 22.6. The van der Waals surface area contributed by atoms with Gasteiger partial charge in [0.05, 0.1) is 18.3 Å². The molecule has 0 bridgehead atoms. The fraction of sp³-hybridized carbons (Fsp3) is 0.382. The number of benzene rings is 3. The van der Waals surface area contributed by atoms with E-state index in [2.05, 4.69) is 12.1 Å². The van der Waals surface area contributed by atoms with Gasteiger partial charge in [-0.2, -0.15) is 0 Å². The molecule has 5 rings (SSSR count). The third kappa shape index (κ3) is 6.72. The van der Waals surface area contributed by atoms with E-state index >= 15 is 0 Å². The topological polar surface area (TPSA) is 46.5 Å². The number of allylic oxidation sites excluding steroid dienone is 1. The largest absolute Gasteiger partial charge is 0.490 e. The van der Waals surface area contributed by atoms with Crippen LogP contribution in [0.25, 0.3) is 11.1 Å².